The van der Waals surface area contributed by atoms with Gasteiger partial charge in [-0.1, -0.05) is 48.5 Å². The number of aliphatic carboxylic acids is 1. The zero-order valence-corrected chi connectivity index (χ0v) is 12.6. The predicted molar refractivity (Wildman–Crippen MR) is 85.7 cm³/mol. The molecule has 1 aromatic heterocycles. The van der Waals surface area contributed by atoms with Crippen molar-refractivity contribution in [3.63, 3.8) is 0 Å². The Balaban J connectivity index is 2.25. The number of carbonyl (C=O) groups is 1. The van der Waals surface area contributed by atoms with Gasteiger partial charge in [0.15, 0.2) is 3.77 Å². The molecule has 100 valence electrons. The van der Waals surface area contributed by atoms with Crippen molar-refractivity contribution in [1.82, 2.24) is 0 Å². The Morgan fingerprint density at radius 1 is 1.10 bits per heavy atom. The number of hydrogen-bond donors (Lipinski definition) is 1. The zero-order chi connectivity index (χ0) is 14.1. The lowest BCUT2D eigenvalue weighted by Crippen LogP contribution is -1.99. The topological polar surface area (TPSA) is 50.4 Å². The molecule has 3 nitrogen and oxygen atoms in total. The first-order valence-corrected chi connectivity index (χ1v) is 7.22. The molecule has 0 aliphatic carbocycles. The van der Waals surface area contributed by atoms with E-state index in [1.54, 1.807) is 6.07 Å². The molecule has 0 saturated carbocycles. The Morgan fingerprint density at radius 3 is 2.55 bits per heavy atom. The molecule has 3 aromatic rings. The second-order valence-corrected chi connectivity index (χ2v) is 5.46. The monoisotopic (exact) mass is 378 g/mol. The third kappa shape index (κ3) is 2.31. The van der Waals surface area contributed by atoms with Gasteiger partial charge in [-0.25, -0.2) is 0 Å². The number of rotatable bonds is 3. The van der Waals surface area contributed by atoms with E-state index in [0.717, 1.165) is 20.3 Å². The van der Waals surface area contributed by atoms with Crippen LogP contribution in [0.25, 0.3) is 22.1 Å². The fourth-order valence-corrected chi connectivity index (χ4v) is 3.15. The number of furan rings is 1. The summed E-state index contributed by atoms with van der Waals surface area (Å²) in [6.45, 7) is 0. The highest BCUT2D eigenvalue weighted by atomic mass is 127. The van der Waals surface area contributed by atoms with Gasteiger partial charge in [-0.3, -0.25) is 4.79 Å². The summed E-state index contributed by atoms with van der Waals surface area (Å²) in [6, 6.07) is 15.6. The van der Waals surface area contributed by atoms with E-state index in [2.05, 4.69) is 22.6 Å². The molecule has 0 amide bonds. The van der Waals surface area contributed by atoms with Crippen LogP contribution in [0.4, 0.5) is 0 Å². The summed E-state index contributed by atoms with van der Waals surface area (Å²) in [5.74, 6) is -0.856. The molecule has 0 fully saturated rings. The summed E-state index contributed by atoms with van der Waals surface area (Å²) in [5, 5.41) is 9.93. The van der Waals surface area contributed by atoms with Crippen molar-refractivity contribution in [3.8, 4) is 11.1 Å². The van der Waals surface area contributed by atoms with Gasteiger partial charge >= 0.3 is 5.97 Å². The van der Waals surface area contributed by atoms with Crippen LogP contribution in [0.2, 0.25) is 0 Å². The fourth-order valence-electron chi connectivity index (χ4n) is 2.32. The van der Waals surface area contributed by atoms with Crippen LogP contribution in [0.15, 0.2) is 52.9 Å². The summed E-state index contributed by atoms with van der Waals surface area (Å²) in [4.78, 5) is 10.9. The fraction of sp³-hybridized carbons (Fsp3) is 0.0625. The van der Waals surface area contributed by atoms with Crippen LogP contribution in [0.1, 0.15) is 5.56 Å². The summed E-state index contributed by atoms with van der Waals surface area (Å²) in [5.41, 5.74) is 3.46. The molecular formula is C16H11IO3. The first-order valence-electron chi connectivity index (χ1n) is 6.14. The van der Waals surface area contributed by atoms with Gasteiger partial charge in [-0.15, -0.1) is 0 Å². The molecule has 20 heavy (non-hydrogen) atoms. The van der Waals surface area contributed by atoms with E-state index in [4.69, 9.17) is 9.52 Å². The third-order valence-electron chi connectivity index (χ3n) is 3.16. The van der Waals surface area contributed by atoms with Gasteiger partial charge in [-0.2, -0.15) is 0 Å². The van der Waals surface area contributed by atoms with Gasteiger partial charge in [0.25, 0.3) is 0 Å². The molecule has 0 bridgehead atoms. The van der Waals surface area contributed by atoms with Crippen LogP contribution in [0.5, 0.6) is 0 Å². The maximum Gasteiger partial charge on any atom is 0.307 e. The van der Waals surface area contributed by atoms with Crippen molar-refractivity contribution >= 4 is 39.5 Å². The smallest absolute Gasteiger partial charge is 0.307 e. The molecule has 1 heterocycles. The molecule has 0 aliphatic rings. The van der Waals surface area contributed by atoms with Crippen LogP contribution in [-0.4, -0.2) is 11.1 Å². The Bertz CT molecular complexity index is 775. The lowest BCUT2D eigenvalue weighted by Gasteiger charge is -2.00. The van der Waals surface area contributed by atoms with E-state index < -0.39 is 5.97 Å². The zero-order valence-electron chi connectivity index (χ0n) is 10.5. The number of hydrogen-bond acceptors (Lipinski definition) is 2. The Hall–Kier alpha value is -1.82. The molecule has 0 aliphatic heterocycles. The minimum Gasteiger partial charge on any atom is -0.481 e. The summed E-state index contributed by atoms with van der Waals surface area (Å²) >= 11 is 2.15. The van der Waals surface area contributed by atoms with E-state index in [0.29, 0.717) is 11.1 Å². The second kappa shape index (κ2) is 5.28. The molecule has 0 atom stereocenters. The number of halogens is 1. The lowest BCUT2D eigenvalue weighted by molar-refractivity contribution is -0.136. The van der Waals surface area contributed by atoms with Crippen LogP contribution in [0.3, 0.4) is 0 Å². The number of carboxylic acid groups (broad SMARTS) is 1. The van der Waals surface area contributed by atoms with Gasteiger partial charge in [0.2, 0.25) is 0 Å². The van der Waals surface area contributed by atoms with Gasteiger partial charge in [-0.05, 0) is 5.56 Å². The molecule has 0 spiro atoms. The van der Waals surface area contributed by atoms with Crippen molar-refractivity contribution in [3.05, 3.63) is 57.9 Å². The molecule has 0 saturated heterocycles. The number of benzene rings is 2. The summed E-state index contributed by atoms with van der Waals surface area (Å²) in [7, 11) is 0. The van der Waals surface area contributed by atoms with Crippen molar-refractivity contribution < 1.29 is 14.3 Å². The van der Waals surface area contributed by atoms with Crippen LogP contribution >= 0.6 is 22.6 Å². The second-order valence-electron chi connectivity index (χ2n) is 4.48. The first kappa shape index (κ1) is 13.2. The first-order chi connectivity index (χ1) is 9.66. The average Bonchev–Trinajstić information content (AvgIpc) is 2.76. The minimum atomic E-state index is -0.856. The summed E-state index contributed by atoms with van der Waals surface area (Å²) < 4.78 is 6.59. The molecular weight excluding hydrogens is 367 g/mol. The quantitative estimate of drug-likeness (QED) is 0.691. The SMILES string of the molecule is O=C(O)Cc1cccc2c(-c3ccccc3)c(I)oc12. The van der Waals surface area contributed by atoms with Crippen LogP contribution in [0, 0.1) is 3.77 Å². The Kier molecular flexibility index (Phi) is 3.48. The van der Waals surface area contributed by atoms with Crippen molar-refractivity contribution in [2.24, 2.45) is 0 Å². The summed E-state index contributed by atoms with van der Waals surface area (Å²) in [6.07, 6.45) is -0.0326. The van der Waals surface area contributed by atoms with Crippen molar-refractivity contribution in [2.45, 2.75) is 6.42 Å². The number of fused-ring (bicyclic) bond motifs is 1. The van der Waals surface area contributed by atoms with Crippen LogP contribution in [-0.2, 0) is 11.2 Å². The normalized spacial score (nSPS) is 10.8. The lowest BCUT2D eigenvalue weighted by atomic mass is 10.0. The average molecular weight is 378 g/mol. The van der Waals surface area contributed by atoms with E-state index >= 15 is 0 Å². The predicted octanol–water partition coefficient (Wildman–Crippen LogP) is 4.33. The Labute approximate surface area is 129 Å². The highest BCUT2D eigenvalue weighted by molar-refractivity contribution is 14.1. The van der Waals surface area contributed by atoms with Gasteiger partial charge < -0.3 is 9.52 Å². The van der Waals surface area contributed by atoms with Gasteiger partial charge in [0, 0.05) is 39.1 Å². The van der Waals surface area contributed by atoms with Crippen molar-refractivity contribution in [2.75, 3.05) is 0 Å². The molecule has 0 radical (unpaired) electrons. The molecule has 1 N–H and O–H groups in total. The maximum atomic E-state index is 10.9. The molecule has 3 rings (SSSR count). The van der Waals surface area contributed by atoms with Gasteiger partial charge in [0.05, 0.1) is 6.42 Å². The highest BCUT2D eigenvalue weighted by Crippen LogP contribution is 2.37. The van der Waals surface area contributed by atoms with E-state index in [1.807, 2.05) is 42.5 Å². The van der Waals surface area contributed by atoms with E-state index in [9.17, 15) is 4.79 Å². The minimum absolute atomic E-state index is 0.0326. The molecule has 4 heteroatoms. The molecule has 2 aromatic carbocycles. The molecule has 0 unspecified atom stereocenters. The third-order valence-corrected chi connectivity index (χ3v) is 3.92. The van der Waals surface area contributed by atoms with E-state index in [-0.39, 0.29) is 6.42 Å². The standard InChI is InChI=1S/C16H11IO3/c17-16-14(10-5-2-1-3-6-10)12-8-4-7-11(9-13(18)19)15(12)20-16/h1-8H,9H2,(H,18,19). The van der Waals surface area contributed by atoms with Gasteiger partial charge in [0.1, 0.15) is 5.58 Å². The number of para-hydroxylation sites is 1. The van der Waals surface area contributed by atoms with E-state index in [1.165, 1.54) is 0 Å². The van der Waals surface area contributed by atoms with Crippen LogP contribution < -0.4 is 0 Å². The van der Waals surface area contributed by atoms with Crippen molar-refractivity contribution in [1.29, 1.82) is 0 Å². The number of carboxylic acids is 1. The largest absolute Gasteiger partial charge is 0.481 e. The maximum absolute atomic E-state index is 10.9. The Morgan fingerprint density at radius 2 is 1.85 bits per heavy atom. The highest BCUT2D eigenvalue weighted by Gasteiger charge is 2.17.